The van der Waals surface area contributed by atoms with Gasteiger partial charge in [0.15, 0.2) is 0 Å². The summed E-state index contributed by atoms with van der Waals surface area (Å²) >= 11 is 0. The zero-order valence-corrected chi connectivity index (χ0v) is 13.0. The molecule has 2 amide bonds. The standard InChI is InChI=1S/C17H21N3O3/c21-16(19-13-4-3-7-18-12-13)14-5-1-2-6-15(14)17(22)20-8-10-23-11-9-20/h1-4,7,12,14-15H,5-6,8-11H2,(H,19,21). The minimum Gasteiger partial charge on any atom is -0.378 e. The average molecular weight is 315 g/mol. The Balaban J connectivity index is 1.69. The molecule has 3 rings (SSSR count). The molecule has 2 heterocycles. The van der Waals surface area contributed by atoms with Crippen molar-refractivity contribution in [1.29, 1.82) is 0 Å². The van der Waals surface area contributed by atoms with E-state index in [1.807, 2.05) is 17.1 Å². The molecule has 1 aliphatic carbocycles. The molecular formula is C17H21N3O3. The van der Waals surface area contributed by atoms with E-state index in [0.717, 1.165) is 0 Å². The second kappa shape index (κ2) is 7.37. The molecule has 1 saturated heterocycles. The molecule has 2 unspecified atom stereocenters. The molecule has 1 N–H and O–H groups in total. The van der Waals surface area contributed by atoms with Gasteiger partial charge in [0, 0.05) is 19.3 Å². The van der Waals surface area contributed by atoms with Gasteiger partial charge in [-0.1, -0.05) is 12.2 Å². The Kier molecular flexibility index (Phi) is 5.02. The van der Waals surface area contributed by atoms with E-state index in [1.54, 1.807) is 24.5 Å². The monoisotopic (exact) mass is 315 g/mol. The fraction of sp³-hybridized carbons (Fsp3) is 0.471. The summed E-state index contributed by atoms with van der Waals surface area (Å²) in [5.41, 5.74) is 0.657. The first-order valence-corrected chi connectivity index (χ1v) is 7.98. The molecule has 23 heavy (non-hydrogen) atoms. The topological polar surface area (TPSA) is 71.5 Å². The van der Waals surface area contributed by atoms with E-state index in [0.29, 0.717) is 44.8 Å². The van der Waals surface area contributed by atoms with Crippen molar-refractivity contribution < 1.29 is 14.3 Å². The van der Waals surface area contributed by atoms with E-state index in [4.69, 9.17) is 4.74 Å². The molecule has 122 valence electrons. The van der Waals surface area contributed by atoms with Crippen LogP contribution in [0.2, 0.25) is 0 Å². The predicted octanol–water partition coefficient (Wildman–Crippen LogP) is 1.46. The van der Waals surface area contributed by atoms with Crippen LogP contribution in [0.1, 0.15) is 12.8 Å². The molecule has 0 radical (unpaired) electrons. The molecule has 0 bridgehead atoms. The van der Waals surface area contributed by atoms with Crippen molar-refractivity contribution in [1.82, 2.24) is 9.88 Å². The first-order valence-electron chi connectivity index (χ1n) is 7.98. The largest absolute Gasteiger partial charge is 0.378 e. The lowest BCUT2D eigenvalue weighted by atomic mass is 9.81. The van der Waals surface area contributed by atoms with E-state index in [1.165, 1.54) is 0 Å². The smallest absolute Gasteiger partial charge is 0.228 e. The lowest BCUT2D eigenvalue weighted by Gasteiger charge is -2.34. The number of nitrogens with zero attached hydrogens (tertiary/aromatic N) is 2. The molecule has 1 aliphatic heterocycles. The molecule has 6 heteroatoms. The predicted molar refractivity (Wildman–Crippen MR) is 85.6 cm³/mol. The highest BCUT2D eigenvalue weighted by molar-refractivity contribution is 5.96. The maximum atomic E-state index is 12.8. The number of nitrogens with one attached hydrogen (secondary N) is 1. The summed E-state index contributed by atoms with van der Waals surface area (Å²) < 4.78 is 5.30. The number of ether oxygens (including phenoxy) is 1. The van der Waals surface area contributed by atoms with Gasteiger partial charge in [0.05, 0.1) is 36.9 Å². The van der Waals surface area contributed by atoms with Crippen LogP contribution in [0.5, 0.6) is 0 Å². The van der Waals surface area contributed by atoms with Crippen LogP contribution in [0.4, 0.5) is 5.69 Å². The number of anilines is 1. The fourth-order valence-corrected chi connectivity index (χ4v) is 3.07. The molecule has 0 aromatic carbocycles. The van der Waals surface area contributed by atoms with Crippen molar-refractivity contribution >= 4 is 17.5 Å². The number of allylic oxidation sites excluding steroid dienone is 2. The molecule has 0 spiro atoms. The Morgan fingerprint density at radius 2 is 1.91 bits per heavy atom. The third-order valence-corrected chi connectivity index (χ3v) is 4.34. The maximum absolute atomic E-state index is 12.8. The Labute approximate surface area is 135 Å². The number of hydrogen-bond donors (Lipinski definition) is 1. The van der Waals surface area contributed by atoms with Crippen molar-refractivity contribution in [3.8, 4) is 0 Å². The number of rotatable bonds is 3. The summed E-state index contributed by atoms with van der Waals surface area (Å²) in [6.45, 7) is 2.35. The normalized spacial score (nSPS) is 24.3. The Bertz CT molecular complexity index is 582. The van der Waals surface area contributed by atoms with Gasteiger partial charge in [0.1, 0.15) is 0 Å². The van der Waals surface area contributed by atoms with E-state index in [2.05, 4.69) is 10.3 Å². The van der Waals surface area contributed by atoms with Crippen molar-refractivity contribution in [2.45, 2.75) is 12.8 Å². The highest BCUT2D eigenvalue weighted by Gasteiger charge is 2.36. The van der Waals surface area contributed by atoms with Crippen molar-refractivity contribution in [3.63, 3.8) is 0 Å². The van der Waals surface area contributed by atoms with E-state index in [9.17, 15) is 9.59 Å². The van der Waals surface area contributed by atoms with Crippen molar-refractivity contribution in [3.05, 3.63) is 36.7 Å². The minimum atomic E-state index is -0.337. The molecule has 0 saturated carbocycles. The minimum absolute atomic E-state index is 0.0592. The highest BCUT2D eigenvalue weighted by Crippen LogP contribution is 2.29. The van der Waals surface area contributed by atoms with Crippen LogP contribution < -0.4 is 5.32 Å². The zero-order valence-electron chi connectivity index (χ0n) is 13.0. The number of aromatic nitrogens is 1. The molecule has 6 nitrogen and oxygen atoms in total. The molecule has 1 aromatic rings. The number of morpholine rings is 1. The van der Waals surface area contributed by atoms with Gasteiger partial charge in [-0.3, -0.25) is 14.6 Å². The van der Waals surface area contributed by atoms with Gasteiger partial charge in [0.2, 0.25) is 11.8 Å². The summed E-state index contributed by atoms with van der Waals surface area (Å²) in [6, 6.07) is 3.56. The van der Waals surface area contributed by atoms with Gasteiger partial charge in [-0.25, -0.2) is 0 Å². The van der Waals surface area contributed by atoms with Gasteiger partial charge in [-0.15, -0.1) is 0 Å². The van der Waals surface area contributed by atoms with Crippen LogP contribution in [0.15, 0.2) is 36.7 Å². The Morgan fingerprint density at radius 1 is 1.17 bits per heavy atom. The first kappa shape index (κ1) is 15.7. The van der Waals surface area contributed by atoms with Crippen LogP contribution in [0.25, 0.3) is 0 Å². The SMILES string of the molecule is O=C(Nc1cccnc1)C1CC=CCC1C(=O)N1CCOCC1. The lowest BCUT2D eigenvalue weighted by molar-refractivity contribution is -0.144. The van der Waals surface area contributed by atoms with Gasteiger partial charge >= 0.3 is 0 Å². The quantitative estimate of drug-likeness (QED) is 0.857. The summed E-state index contributed by atoms with van der Waals surface area (Å²) in [4.78, 5) is 31.2. The molecule has 1 fully saturated rings. The summed E-state index contributed by atoms with van der Waals surface area (Å²) in [6.07, 6.45) is 8.45. The van der Waals surface area contributed by atoms with Crippen molar-refractivity contribution in [2.24, 2.45) is 11.8 Å². The number of carbonyl (C=O) groups is 2. The average Bonchev–Trinajstić information content (AvgIpc) is 2.62. The zero-order chi connectivity index (χ0) is 16.1. The van der Waals surface area contributed by atoms with Crippen LogP contribution in [0, 0.1) is 11.8 Å². The van der Waals surface area contributed by atoms with Crippen LogP contribution in [0.3, 0.4) is 0 Å². The van der Waals surface area contributed by atoms with Gasteiger partial charge in [0.25, 0.3) is 0 Å². The molecule has 2 atom stereocenters. The molecule has 2 aliphatic rings. The van der Waals surface area contributed by atoms with E-state index < -0.39 is 0 Å². The second-order valence-corrected chi connectivity index (χ2v) is 5.82. The number of hydrogen-bond acceptors (Lipinski definition) is 4. The van der Waals surface area contributed by atoms with Crippen LogP contribution in [-0.4, -0.2) is 48.0 Å². The first-order chi connectivity index (χ1) is 11.3. The fourth-order valence-electron chi connectivity index (χ4n) is 3.07. The van der Waals surface area contributed by atoms with Gasteiger partial charge < -0.3 is 15.0 Å². The molecule has 1 aromatic heterocycles. The lowest BCUT2D eigenvalue weighted by Crippen LogP contribution is -2.47. The highest BCUT2D eigenvalue weighted by atomic mass is 16.5. The van der Waals surface area contributed by atoms with Gasteiger partial charge in [-0.2, -0.15) is 0 Å². The van der Waals surface area contributed by atoms with E-state index >= 15 is 0 Å². The van der Waals surface area contributed by atoms with Crippen LogP contribution in [-0.2, 0) is 14.3 Å². The summed E-state index contributed by atoms with van der Waals surface area (Å²) in [5, 5.41) is 2.87. The second-order valence-electron chi connectivity index (χ2n) is 5.82. The van der Waals surface area contributed by atoms with E-state index in [-0.39, 0.29) is 23.7 Å². The summed E-state index contributed by atoms with van der Waals surface area (Å²) in [5.74, 6) is -0.691. The van der Waals surface area contributed by atoms with Crippen molar-refractivity contribution in [2.75, 3.05) is 31.6 Å². The maximum Gasteiger partial charge on any atom is 0.228 e. The molecular weight excluding hydrogens is 294 g/mol. The Hall–Kier alpha value is -2.21. The summed E-state index contributed by atoms with van der Waals surface area (Å²) in [7, 11) is 0. The van der Waals surface area contributed by atoms with Crippen LogP contribution >= 0.6 is 0 Å². The third-order valence-electron chi connectivity index (χ3n) is 4.34. The third kappa shape index (κ3) is 3.76. The Morgan fingerprint density at radius 3 is 2.61 bits per heavy atom. The number of amides is 2. The van der Waals surface area contributed by atoms with Gasteiger partial charge in [-0.05, 0) is 25.0 Å². The number of pyridine rings is 1. The number of carbonyl (C=O) groups excluding carboxylic acids is 2.